The Labute approximate surface area is 98.8 Å². The molecule has 2 aliphatic rings. The second-order valence-electron chi connectivity index (χ2n) is 5.79. The number of rotatable bonds is 2. The molecule has 2 unspecified atom stereocenters. The van der Waals surface area contributed by atoms with Crippen molar-refractivity contribution in [3.63, 3.8) is 0 Å². The molecule has 0 amide bonds. The monoisotopic (exact) mass is 227 g/mol. The van der Waals surface area contributed by atoms with E-state index in [2.05, 4.69) is 37.8 Å². The molecule has 2 saturated heterocycles. The molecule has 2 atom stereocenters. The van der Waals surface area contributed by atoms with Crippen LogP contribution in [0.1, 0.15) is 40.0 Å². The van der Waals surface area contributed by atoms with Gasteiger partial charge in [-0.2, -0.15) is 11.8 Å². The van der Waals surface area contributed by atoms with Gasteiger partial charge in [-0.05, 0) is 55.9 Å². The first kappa shape index (κ1) is 11.8. The van der Waals surface area contributed by atoms with E-state index in [1.165, 1.54) is 38.1 Å². The van der Waals surface area contributed by atoms with Crippen LogP contribution >= 0.6 is 11.8 Å². The molecule has 0 radical (unpaired) electrons. The third-order valence-corrected chi connectivity index (χ3v) is 6.04. The number of piperidine rings is 1. The van der Waals surface area contributed by atoms with Gasteiger partial charge in [0, 0.05) is 4.75 Å². The molecule has 0 aromatic heterocycles. The van der Waals surface area contributed by atoms with Crippen molar-refractivity contribution in [1.82, 2.24) is 5.32 Å². The maximum absolute atomic E-state index is 3.48. The standard InChI is InChI=1S/C13H25NS/c1-10(11-4-7-14-8-5-11)12-6-9-15-13(12,2)3/h10-12,14H,4-9H2,1-3H3. The van der Waals surface area contributed by atoms with Crippen molar-refractivity contribution in [3.05, 3.63) is 0 Å². The minimum absolute atomic E-state index is 0.532. The SMILES string of the molecule is CC(C1CCNCC1)C1CCSC1(C)C. The third kappa shape index (κ3) is 2.52. The van der Waals surface area contributed by atoms with Gasteiger partial charge in [-0.3, -0.25) is 0 Å². The van der Waals surface area contributed by atoms with E-state index in [1.807, 2.05) is 0 Å². The van der Waals surface area contributed by atoms with Crippen molar-refractivity contribution in [2.24, 2.45) is 17.8 Å². The van der Waals surface area contributed by atoms with Gasteiger partial charge in [0.1, 0.15) is 0 Å². The van der Waals surface area contributed by atoms with Crippen LogP contribution in [0.4, 0.5) is 0 Å². The van der Waals surface area contributed by atoms with Crippen LogP contribution in [0.3, 0.4) is 0 Å². The Morgan fingerprint density at radius 2 is 1.87 bits per heavy atom. The molecule has 0 spiro atoms. The van der Waals surface area contributed by atoms with Gasteiger partial charge in [0.05, 0.1) is 0 Å². The minimum Gasteiger partial charge on any atom is -0.317 e. The lowest BCUT2D eigenvalue weighted by molar-refractivity contribution is 0.180. The molecule has 1 nitrogen and oxygen atoms in total. The van der Waals surface area contributed by atoms with Crippen molar-refractivity contribution in [2.75, 3.05) is 18.8 Å². The van der Waals surface area contributed by atoms with Crippen molar-refractivity contribution < 1.29 is 0 Å². The molecule has 0 aromatic rings. The second kappa shape index (κ2) is 4.67. The van der Waals surface area contributed by atoms with Crippen LogP contribution in [0.25, 0.3) is 0 Å². The van der Waals surface area contributed by atoms with Gasteiger partial charge in [-0.25, -0.2) is 0 Å². The summed E-state index contributed by atoms with van der Waals surface area (Å²) in [4.78, 5) is 0. The van der Waals surface area contributed by atoms with Crippen molar-refractivity contribution in [1.29, 1.82) is 0 Å². The molecular formula is C13H25NS. The first-order valence-electron chi connectivity index (χ1n) is 6.46. The molecule has 15 heavy (non-hydrogen) atoms. The summed E-state index contributed by atoms with van der Waals surface area (Å²) < 4.78 is 0.532. The number of hydrogen-bond acceptors (Lipinski definition) is 2. The lowest BCUT2D eigenvalue weighted by atomic mass is 9.72. The van der Waals surface area contributed by atoms with E-state index in [0.29, 0.717) is 4.75 Å². The first-order chi connectivity index (χ1) is 7.11. The number of nitrogens with one attached hydrogen (secondary N) is 1. The van der Waals surface area contributed by atoms with Gasteiger partial charge in [-0.1, -0.05) is 20.8 Å². The molecule has 2 fully saturated rings. The van der Waals surface area contributed by atoms with Gasteiger partial charge in [0.25, 0.3) is 0 Å². The quantitative estimate of drug-likeness (QED) is 0.778. The molecule has 2 aliphatic heterocycles. The summed E-state index contributed by atoms with van der Waals surface area (Å²) in [5.74, 6) is 4.24. The van der Waals surface area contributed by atoms with Gasteiger partial charge < -0.3 is 5.32 Å². The largest absolute Gasteiger partial charge is 0.317 e. The average Bonchev–Trinajstić information content (AvgIpc) is 2.58. The molecule has 2 heteroatoms. The van der Waals surface area contributed by atoms with E-state index in [0.717, 1.165) is 17.8 Å². The molecule has 0 aromatic carbocycles. The third-order valence-electron chi connectivity index (χ3n) is 4.56. The summed E-state index contributed by atoms with van der Waals surface area (Å²) in [7, 11) is 0. The molecule has 1 N–H and O–H groups in total. The zero-order valence-electron chi connectivity index (χ0n) is 10.4. The lowest BCUT2D eigenvalue weighted by Crippen LogP contribution is -2.37. The Kier molecular flexibility index (Phi) is 3.67. The summed E-state index contributed by atoms with van der Waals surface area (Å²) in [6.07, 6.45) is 4.25. The summed E-state index contributed by atoms with van der Waals surface area (Å²) in [6, 6.07) is 0. The van der Waals surface area contributed by atoms with Crippen LogP contribution in [-0.4, -0.2) is 23.6 Å². The molecular weight excluding hydrogens is 202 g/mol. The van der Waals surface area contributed by atoms with Gasteiger partial charge in [0.15, 0.2) is 0 Å². The normalized spacial score (nSPS) is 34.2. The highest BCUT2D eigenvalue weighted by molar-refractivity contribution is 8.00. The molecule has 88 valence electrons. The minimum atomic E-state index is 0.532. The second-order valence-corrected chi connectivity index (χ2v) is 7.54. The van der Waals surface area contributed by atoms with E-state index in [9.17, 15) is 0 Å². The predicted molar refractivity (Wildman–Crippen MR) is 69.4 cm³/mol. The Hall–Kier alpha value is 0.310. The van der Waals surface area contributed by atoms with Crippen LogP contribution in [0, 0.1) is 17.8 Å². The molecule has 0 saturated carbocycles. The highest BCUT2D eigenvalue weighted by Crippen LogP contribution is 2.48. The van der Waals surface area contributed by atoms with Crippen LogP contribution < -0.4 is 5.32 Å². The molecule has 2 heterocycles. The molecule has 2 rings (SSSR count). The van der Waals surface area contributed by atoms with Gasteiger partial charge in [-0.15, -0.1) is 0 Å². The van der Waals surface area contributed by atoms with Crippen LogP contribution in [0.5, 0.6) is 0 Å². The van der Waals surface area contributed by atoms with Crippen LogP contribution in [-0.2, 0) is 0 Å². The maximum Gasteiger partial charge on any atom is 0.0134 e. The zero-order chi connectivity index (χ0) is 10.9. The van der Waals surface area contributed by atoms with E-state index in [1.54, 1.807) is 0 Å². The Morgan fingerprint density at radius 1 is 1.20 bits per heavy atom. The predicted octanol–water partition coefficient (Wildman–Crippen LogP) is 3.15. The van der Waals surface area contributed by atoms with Gasteiger partial charge in [0.2, 0.25) is 0 Å². The maximum atomic E-state index is 3.48. The van der Waals surface area contributed by atoms with E-state index in [4.69, 9.17) is 0 Å². The highest BCUT2D eigenvalue weighted by atomic mass is 32.2. The van der Waals surface area contributed by atoms with Crippen molar-refractivity contribution >= 4 is 11.8 Å². The van der Waals surface area contributed by atoms with E-state index >= 15 is 0 Å². The smallest absolute Gasteiger partial charge is 0.0134 e. The zero-order valence-corrected chi connectivity index (χ0v) is 11.2. The Morgan fingerprint density at radius 3 is 2.40 bits per heavy atom. The molecule has 0 aliphatic carbocycles. The van der Waals surface area contributed by atoms with Gasteiger partial charge >= 0.3 is 0 Å². The van der Waals surface area contributed by atoms with Crippen LogP contribution in [0.15, 0.2) is 0 Å². The fourth-order valence-electron chi connectivity index (χ4n) is 3.50. The molecule has 0 bridgehead atoms. The van der Waals surface area contributed by atoms with Crippen LogP contribution in [0.2, 0.25) is 0 Å². The number of hydrogen-bond donors (Lipinski definition) is 1. The lowest BCUT2D eigenvalue weighted by Gasteiger charge is -2.37. The first-order valence-corrected chi connectivity index (χ1v) is 7.44. The fraction of sp³-hybridized carbons (Fsp3) is 1.00. The summed E-state index contributed by atoms with van der Waals surface area (Å²) in [6.45, 7) is 9.90. The number of thioether (sulfide) groups is 1. The summed E-state index contributed by atoms with van der Waals surface area (Å²) in [5, 5.41) is 3.48. The van der Waals surface area contributed by atoms with E-state index in [-0.39, 0.29) is 0 Å². The Bertz CT molecular complexity index is 209. The fourth-order valence-corrected chi connectivity index (χ4v) is 4.94. The van der Waals surface area contributed by atoms with Crippen molar-refractivity contribution in [3.8, 4) is 0 Å². The summed E-state index contributed by atoms with van der Waals surface area (Å²) in [5.41, 5.74) is 0. The topological polar surface area (TPSA) is 12.0 Å². The average molecular weight is 227 g/mol. The summed E-state index contributed by atoms with van der Waals surface area (Å²) >= 11 is 2.18. The van der Waals surface area contributed by atoms with Crippen molar-refractivity contribution in [2.45, 2.75) is 44.8 Å². The Balaban J connectivity index is 1.96. The highest BCUT2D eigenvalue weighted by Gasteiger charge is 2.40. The van der Waals surface area contributed by atoms with E-state index < -0.39 is 0 Å².